The van der Waals surface area contributed by atoms with Gasteiger partial charge in [0.05, 0.1) is 12.6 Å². The van der Waals surface area contributed by atoms with Crippen LogP contribution in [-0.2, 0) is 23.9 Å². The maximum absolute atomic E-state index is 13.2. The van der Waals surface area contributed by atoms with Gasteiger partial charge in [-0.2, -0.15) is 0 Å². The van der Waals surface area contributed by atoms with Crippen molar-refractivity contribution in [3.63, 3.8) is 0 Å². The molecule has 9 heteroatoms. The van der Waals surface area contributed by atoms with Gasteiger partial charge in [-0.05, 0) is 52.5 Å². The second-order valence-electron chi connectivity index (χ2n) is 10.2. The first-order valence-corrected chi connectivity index (χ1v) is 12.7. The summed E-state index contributed by atoms with van der Waals surface area (Å²) >= 11 is 0. The van der Waals surface area contributed by atoms with Gasteiger partial charge in [0.25, 0.3) is 5.91 Å². The Morgan fingerprint density at radius 3 is 2.41 bits per heavy atom. The van der Waals surface area contributed by atoms with Crippen LogP contribution in [0.1, 0.15) is 81.9 Å². The minimum absolute atomic E-state index is 0.113. The van der Waals surface area contributed by atoms with E-state index >= 15 is 0 Å². The number of nitrogens with zero attached hydrogens (tertiary/aromatic N) is 2. The summed E-state index contributed by atoms with van der Waals surface area (Å²) in [5, 5.41) is 2.61. The molecule has 0 bridgehead atoms. The maximum atomic E-state index is 13.2. The average Bonchev–Trinajstić information content (AvgIpc) is 3.71. The van der Waals surface area contributed by atoms with E-state index in [0.29, 0.717) is 18.5 Å². The standard InChI is InChI=1S/C28H35N3O6/c1-5-6-14-36-26(34)21(27(35)37-28(2,3)4)15-20(17-32)29-25(33)23-16-22(18-12-13-18)30-24(31-23)19-10-8-7-9-11-19/h7-11,16-18,20-21H,5-6,12-15H2,1-4H3,(H,29,33)/t20-,21?/m0/s1. The number of aromatic nitrogens is 2. The molecule has 1 aliphatic carbocycles. The molecule has 37 heavy (non-hydrogen) atoms. The number of carbonyl (C=O) groups excluding carboxylic acids is 4. The lowest BCUT2D eigenvalue weighted by atomic mass is 9.99. The third kappa shape index (κ3) is 8.48. The molecule has 0 radical (unpaired) electrons. The van der Waals surface area contributed by atoms with Crippen LogP contribution >= 0.6 is 0 Å². The van der Waals surface area contributed by atoms with Gasteiger partial charge < -0.3 is 19.6 Å². The van der Waals surface area contributed by atoms with Gasteiger partial charge in [0.1, 0.15) is 17.6 Å². The third-order valence-electron chi connectivity index (χ3n) is 5.69. The molecule has 1 heterocycles. The van der Waals surface area contributed by atoms with Crippen LogP contribution in [0.25, 0.3) is 11.4 Å². The highest BCUT2D eigenvalue weighted by molar-refractivity contribution is 5.97. The van der Waals surface area contributed by atoms with Crippen molar-refractivity contribution in [1.29, 1.82) is 0 Å². The fourth-order valence-corrected chi connectivity index (χ4v) is 3.61. The number of aldehydes is 1. The van der Waals surface area contributed by atoms with E-state index in [2.05, 4.69) is 15.3 Å². The largest absolute Gasteiger partial charge is 0.465 e. The van der Waals surface area contributed by atoms with Gasteiger partial charge in [-0.25, -0.2) is 9.97 Å². The van der Waals surface area contributed by atoms with Crippen molar-refractivity contribution in [3.05, 3.63) is 47.8 Å². The smallest absolute Gasteiger partial charge is 0.320 e. The van der Waals surface area contributed by atoms with Crippen molar-refractivity contribution in [2.45, 2.75) is 77.4 Å². The highest BCUT2D eigenvalue weighted by atomic mass is 16.6. The number of unbranched alkanes of at least 4 members (excludes halogenated alkanes) is 1. The maximum Gasteiger partial charge on any atom is 0.320 e. The van der Waals surface area contributed by atoms with Gasteiger partial charge in [-0.3, -0.25) is 14.4 Å². The highest BCUT2D eigenvalue weighted by Crippen LogP contribution is 2.39. The molecule has 1 fully saturated rings. The summed E-state index contributed by atoms with van der Waals surface area (Å²) in [6.45, 7) is 7.14. The number of hydrogen-bond acceptors (Lipinski definition) is 8. The Labute approximate surface area is 217 Å². The molecule has 0 aliphatic heterocycles. The zero-order valence-electron chi connectivity index (χ0n) is 21.9. The van der Waals surface area contributed by atoms with Crippen molar-refractivity contribution >= 4 is 24.1 Å². The Morgan fingerprint density at radius 1 is 1.11 bits per heavy atom. The fourth-order valence-electron chi connectivity index (χ4n) is 3.61. The first kappa shape index (κ1) is 28.0. The number of ether oxygens (including phenoxy) is 2. The summed E-state index contributed by atoms with van der Waals surface area (Å²) < 4.78 is 10.6. The molecule has 3 rings (SSSR count). The summed E-state index contributed by atoms with van der Waals surface area (Å²) in [6.07, 6.45) is 3.63. The number of benzene rings is 1. The lowest BCUT2D eigenvalue weighted by molar-refractivity contribution is -0.169. The molecule has 9 nitrogen and oxygen atoms in total. The molecule has 2 aromatic rings. The number of esters is 2. The molecule has 198 valence electrons. The zero-order valence-corrected chi connectivity index (χ0v) is 21.9. The van der Waals surface area contributed by atoms with E-state index in [1.807, 2.05) is 37.3 Å². The van der Waals surface area contributed by atoms with Crippen LogP contribution in [0.15, 0.2) is 36.4 Å². The van der Waals surface area contributed by atoms with Crippen molar-refractivity contribution in [1.82, 2.24) is 15.3 Å². The number of amides is 1. The predicted molar refractivity (Wildman–Crippen MR) is 137 cm³/mol. The Bertz CT molecular complexity index is 1110. The molecule has 1 amide bonds. The summed E-state index contributed by atoms with van der Waals surface area (Å²) in [7, 11) is 0. The van der Waals surface area contributed by atoms with E-state index in [0.717, 1.165) is 30.5 Å². The van der Waals surface area contributed by atoms with Crippen LogP contribution in [0, 0.1) is 5.92 Å². The van der Waals surface area contributed by atoms with E-state index < -0.39 is 35.4 Å². The van der Waals surface area contributed by atoms with Crippen LogP contribution in [0.2, 0.25) is 0 Å². The second kappa shape index (κ2) is 12.6. The Morgan fingerprint density at radius 2 is 1.81 bits per heavy atom. The number of rotatable bonds is 12. The molecule has 0 spiro atoms. The van der Waals surface area contributed by atoms with E-state index in [1.165, 1.54) is 0 Å². The minimum atomic E-state index is -1.36. The normalized spacial score (nSPS) is 14.8. The SMILES string of the molecule is CCCCOC(=O)C(C[C@@H](C=O)NC(=O)c1cc(C2CC2)nc(-c2ccccc2)n1)C(=O)OC(C)(C)C. The molecule has 1 aliphatic rings. The lowest BCUT2D eigenvalue weighted by Crippen LogP contribution is -2.42. The Hall–Kier alpha value is -3.62. The molecular weight excluding hydrogens is 474 g/mol. The van der Waals surface area contributed by atoms with E-state index in [-0.39, 0.29) is 24.6 Å². The molecule has 1 saturated carbocycles. The molecule has 1 N–H and O–H groups in total. The van der Waals surface area contributed by atoms with E-state index in [1.54, 1.807) is 26.8 Å². The van der Waals surface area contributed by atoms with Crippen molar-refractivity contribution in [3.8, 4) is 11.4 Å². The molecular formula is C28H35N3O6. The van der Waals surface area contributed by atoms with Gasteiger partial charge in [0.2, 0.25) is 0 Å². The van der Waals surface area contributed by atoms with Crippen LogP contribution in [-0.4, -0.2) is 52.3 Å². The summed E-state index contributed by atoms with van der Waals surface area (Å²) in [4.78, 5) is 59.6. The number of carbonyl (C=O) groups is 4. The lowest BCUT2D eigenvalue weighted by Gasteiger charge is -2.24. The van der Waals surface area contributed by atoms with Gasteiger partial charge in [0.15, 0.2) is 11.7 Å². The highest BCUT2D eigenvalue weighted by Gasteiger charge is 2.36. The second-order valence-corrected chi connectivity index (χ2v) is 10.2. The van der Waals surface area contributed by atoms with Gasteiger partial charge in [0, 0.05) is 17.2 Å². The van der Waals surface area contributed by atoms with Gasteiger partial charge in [-0.1, -0.05) is 43.7 Å². The summed E-state index contributed by atoms with van der Waals surface area (Å²) in [6, 6.07) is 9.82. The average molecular weight is 510 g/mol. The summed E-state index contributed by atoms with van der Waals surface area (Å²) in [5.41, 5.74) is 0.813. The topological polar surface area (TPSA) is 125 Å². The monoisotopic (exact) mass is 509 g/mol. The van der Waals surface area contributed by atoms with Crippen LogP contribution in [0.5, 0.6) is 0 Å². The zero-order chi connectivity index (χ0) is 27.0. The fraction of sp³-hybridized carbons (Fsp3) is 0.500. The van der Waals surface area contributed by atoms with Gasteiger partial charge in [-0.15, -0.1) is 0 Å². The molecule has 1 unspecified atom stereocenters. The molecule has 0 saturated heterocycles. The molecule has 1 aromatic carbocycles. The quantitative estimate of drug-likeness (QED) is 0.197. The summed E-state index contributed by atoms with van der Waals surface area (Å²) in [5.74, 6) is -2.86. The first-order valence-electron chi connectivity index (χ1n) is 12.7. The van der Waals surface area contributed by atoms with E-state index in [4.69, 9.17) is 9.47 Å². The third-order valence-corrected chi connectivity index (χ3v) is 5.69. The van der Waals surface area contributed by atoms with Crippen molar-refractivity contribution in [2.75, 3.05) is 6.61 Å². The predicted octanol–water partition coefficient (Wildman–Crippen LogP) is 4.01. The minimum Gasteiger partial charge on any atom is -0.465 e. The van der Waals surface area contributed by atoms with Crippen LogP contribution in [0.4, 0.5) is 0 Å². The molecule has 2 atom stereocenters. The Kier molecular flexibility index (Phi) is 9.49. The van der Waals surface area contributed by atoms with Crippen LogP contribution in [0.3, 0.4) is 0 Å². The van der Waals surface area contributed by atoms with Crippen molar-refractivity contribution < 1.29 is 28.7 Å². The van der Waals surface area contributed by atoms with Crippen molar-refractivity contribution in [2.24, 2.45) is 5.92 Å². The Balaban J connectivity index is 1.79. The van der Waals surface area contributed by atoms with E-state index in [9.17, 15) is 19.2 Å². The molecule has 1 aromatic heterocycles. The number of nitrogens with one attached hydrogen (secondary N) is 1. The van der Waals surface area contributed by atoms with Crippen LogP contribution < -0.4 is 5.32 Å². The number of hydrogen-bond donors (Lipinski definition) is 1. The van der Waals surface area contributed by atoms with Gasteiger partial charge >= 0.3 is 11.9 Å². The first-order chi connectivity index (χ1) is 17.6.